The second-order valence-corrected chi connectivity index (χ2v) is 6.52. The smallest absolute Gasteiger partial charge is 0.305 e. The van der Waals surface area contributed by atoms with E-state index in [0.29, 0.717) is 22.6 Å². The van der Waals surface area contributed by atoms with Gasteiger partial charge in [-0.05, 0) is 43.2 Å². The highest BCUT2D eigenvalue weighted by Crippen LogP contribution is 2.26. The van der Waals surface area contributed by atoms with E-state index in [1.54, 1.807) is 19.1 Å². The molecule has 0 bridgehead atoms. The van der Waals surface area contributed by atoms with Gasteiger partial charge in [0.25, 0.3) is 0 Å². The minimum Gasteiger partial charge on any atom is -0.481 e. The van der Waals surface area contributed by atoms with Crippen molar-refractivity contribution in [1.29, 1.82) is 5.26 Å². The van der Waals surface area contributed by atoms with Gasteiger partial charge in [-0.1, -0.05) is 18.2 Å². The maximum Gasteiger partial charge on any atom is 0.305 e. The summed E-state index contributed by atoms with van der Waals surface area (Å²) in [4.78, 5) is 11.2. The van der Waals surface area contributed by atoms with Crippen LogP contribution in [0.1, 0.15) is 28.9 Å². The monoisotopic (exact) mass is 411 g/mol. The number of aromatic nitrogens is 2. The maximum absolute atomic E-state index is 14.5. The molecule has 3 aromatic rings. The number of halogens is 2. The van der Waals surface area contributed by atoms with Crippen molar-refractivity contribution in [3.63, 3.8) is 0 Å². The van der Waals surface area contributed by atoms with Crippen LogP contribution in [0.3, 0.4) is 0 Å². The zero-order valence-corrected chi connectivity index (χ0v) is 16.5. The predicted octanol–water partition coefficient (Wildman–Crippen LogP) is 4.02. The minimum absolute atomic E-state index is 0.0106. The molecule has 0 unspecified atom stereocenters. The molecule has 0 saturated carbocycles. The van der Waals surface area contributed by atoms with Crippen molar-refractivity contribution in [2.75, 3.05) is 7.11 Å². The second-order valence-electron chi connectivity index (χ2n) is 6.52. The molecule has 30 heavy (non-hydrogen) atoms. The minimum atomic E-state index is -0.893. The zero-order chi connectivity index (χ0) is 21.7. The van der Waals surface area contributed by atoms with Crippen LogP contribution in [0.5, 0.6) is 5.75 Å². The summed E-state index contributed by atoms with van der Waals surface area (Å²) in [7, 11) is 1.25. The van der Waals surface area contributed by atoms with Gasteiger partial charge in [0.15, 0.2) is 17.4 Å². The van der Waals surface area contributed by atoms with Crippen LogP contribution >= 0.6 is 0 Å². The molecule has 0 aliphatic carbocycles. The average Bonchev–Trinajstić information content (AvgIpc) is 3.07. The number of methoxy groups -OCH3 is 1. The number of carbonyl (C=O) groups is 1. The Kier molecular flexibility index (Phi) is 6.42. The van der Waals surface area contributed by atoms with Gasteiger partial charge in [-0.3, -0.25) is 4.79 Å². The van der Waals surface area contributed by atoms with Crippen molar-refractivity contribution >= 4 is 5.97 Å². The SMILES string of the molecule is COC(=O)CCc1cc(F)c(OCc2c(C#N)c(C)nn2-c2ccccc2)c(F)c1. The topological polar surface area (TPSA) is 77.1 Å². The molecule has 2 aromatic carbocycles. The van der Waals surface area contributed by atoms with Crippen LogP contribution in [0.15, 0.2) is 42.5 Å². The Hall–Kier alpha value is -3.73. The third-order valence-electron chi connectivity index (χ3n) is 4.53. The van der Waals surface area contributed by atoms with Gasteiger partial charge in [0, 0.05) is 6.42 Å². The van der Waals surface area contributed by atoms with Crippen molar-refractivity contribution in [2.45, 2.75) is 26.4 Å². The molecular weight excluding hydrogens is 392 g/mol. The maximum atomic E-state index is 14.5. The number of benzene rings is 2. The standard InChI is InChI=1S/C22H19F2N3O3/c1-14-17(12-25)20(27(26-14)16-6-4-3-5-7-16)13-30-22-18(23)10-15(11-19(22)24)8-9-21(28)29-2/h3-7,10-11H,8-9,13H2,1-2H3. The van der Waals surface area contributed by atoms with Crippen molar-refractivity contribution < 1.29 is 23.0 Å². The molecule has 3 rings (SSSR count). The normalized spacial score (nSPS) is 10.5. The Morgan fingerprint density at radius 1 is 1.20 bits per heavy atom. The number of aryl methyl sites for hydroxylation is 2. The third kappa shape index (κ3) is 4.46. The highest BCUT2D eigenvalue weighted by atomic mass is 19.1. The molecule has 0 saturated heterocycles. The van der Waals surface area contributed by atoms with Gasteiger partial charge >= 0.3 is 5.97 Å². The Bertz CT molecular complexity index is 1080. The van der Waals surface area contributed by atoms with Gasteiger partial charge in [-0.25, -0.2) is 13.5 Å². The molecule has 0 aliphatic heterocycles. The Morgan fingerprint density at radius 3 is 2.47 bits per heavy atom. The number of nitriles is 1. The molecule has 6 nitrogen and oxygen atoms in total. The van der Waals surface area contributed by atoms with E-state index < -0.39 is 23.4 Å². The van der Waals surface area contributed by atoms with Gasteiger partial charge in [-0.15, -0.1) is 0 Å². The molecule has 1 heterocycles. The fraction of sp³-hybridized carbons (Fsp3) is 0.227. The first kappa shape index (κ1) is 21.0. The summed E-state index contributed by atoms with van der Waals surface area (Å²) in [6, 6.07) is 13.4. The molecule has 0 radical (unpaired) electrons. The zero-order valence-electron chi connectivity index (χ0n) is 16.5. The molecular formula is C22H19F2N3O3. The highest BCUT2D eigenvalue weighted by Gasteiger charge is 2.19. The Morgan fingerprint density at radius 2 is 1.87 bits per heavy atom. The van der Waals surface area contributed by atoms with E-state index in [9.17, 15) is 18.8 Å². The van der Waals surface area contributed by atoms with Crippen LogP contribution in [0.2, 0.25) is 0 Å². The summed E-state index contributed by atoms with van der Waals surface area (Å²) in [6.07, 6.45) is 0.149. The summed E-state index contributed by atoms with van der Waals surface area (Å²) in [6.45, 7) is 1.42. The molecule has 0 fully saturated rings. The van der Waals surface area contributed by atoms with Crippen molar-refractivity contribution in [3.05, 3.63) is 76.6 Å². The number of para-hydroxylation sites is 1. The van der Waals surface area contributed by atoms with Crippen LogP contribution in [0.4, 0.5) is 8.78 Å². The first-order chi connectivity index (χ1) is 14.4. The fourth-order valence-corrected chi connectivity index (χ4v) is 3.02. The number of hydrogen-bond donors (Lipinski definition) is 0. The molecule has 0 atom stereocenters. The third-order valence-corrected chi connectivity index (χ3v) is 4.53. The lowest BCUT2D eigenvalue weighted by atomic mass is 10.1. The summed E-state index contributed by atoms with van der Waals surface area (Å²) in [5.74, 6) is -2.81. The van der Waals surface area contributed by atoms with Crippen LogP contribution < -0.4 is 4.74 Å². The molecule has 0 amide bonds. The molecule has 8 heteroatoms. The number of esters is 1. The number of carbonyl (C=O) groups excluding carboxylic acids is 1. The lowest BCUT2D eigenvalue weighted by Crippen LogP contribution is -2.09. The van der Waals surface area contributed by atoms with Crippen molar-refractivity contribution in [1.82, 2.24) is 9.78 Å². The van der Waals surface area contributed by atoms with E-state index >= 15 is 0 Å². The summed E-state index contributed by atoms with van der Waals surface area (Å²) < 4.78 is 40.4. The van der Waals surface area contributed by atoms with Gasteiger partial charge in [0.05, 0.1) is 24.2 Å². The highest BCUT2D eigenvalue weighted by molar-refractivity contribution is 5.69. The van der Waals surface area contributed by atoms with Crippen LogP contribution in [-0.2, 0) is 22.6 Å². The molecule has 0 N–H and O–H groups in total. The van der Waals surface area contributed by atoms with Gasteiger partial charge in [-0.2, -0.15) is 10.4 Å². The summed E-state index contributed by atoms with van der Waals surface area (Å²) in [5, 5.41) is 13.8. The Balaban J connectivity index is 1.85. The lowest BCUT2D eigenvalue weighted by molar-refractivity contribution is -0.140. The van der Waals surface area contributed by atoms with E-state index in [1.807, 2.05) is 18.2 Å². The largest absolute Gasteiger partial charge is 0.481 e. The second kappa shape index (κ2) is 9.18. The van der Waals surface area contributed by atoms with Crippen LogP contribution in [-0.4, -0.2) is 22.9 Å². The van der Waals surface area contributed by atoms with Crippen LogP contribution in [0.25, 0.3) is 5.69 Å². The summed E-state index contributed by atoms with van der Waals surface area (Å²) >= 11 is 0. The van der Waals surface area contributed by atoms with Gasteiger partial charge < -0.3 is 9.47 Å². The first-order valence-electron chi connectivity index (χ1n) is 9.16. The Labute approximate surface area is 172 Å². The quantitative estimate of drug-likeness (QED) is 0.549. The molecule has 0 spiro atoms. The first-order valence-corrected chi connectivity index (χ1v) is 9.16. The predicted molar refractivity (Wildman–Crippen MR) is 104 cm³/mol. The average molecular weight is 411 g/mol. The van der Waals surface area contributed by atoms with E-state index in [4.69, 9.17) is 4.74 Å². The van der Waals surface area contributed by atoms with Crippen LogP contribution in [0, 0.1) is 29.9 Å². The molecule has 0 aliphatic rings. The number of nitrogens with zero attached hydrogens (tertiary/aromatic N) is 3. The molecule has 154 valence electrons. The number of ether oxygens (including phenoxy) is 2. The molecule has 1 aromatic heterocycles. The summed E-state index contributed by atoms with van der Waals surface area (Å²) in [5.41, 5.74) is 2.16. The van der Waals surface area contributed by atoms with Gasteiger partial charge in [0.2, 0.25) is 0 Å². The van der Waals surface area contributed by atoms with Crippen molar-refractivity contribution in [2.24, 2.45) is 0 Å². The number of rotatable bonds is 7. The van der Waals surface area contributed by atoms with Gasteiger partial charge in [0.1, 0.15) is 18.2 Å². The van der Waals surface area contributed by atoms with E-state index in [-0.39, 0.29) is 25.0 Å². The van der Waals surface area contributed by atoms with E-state index in [0.717, 1.165) is 12.1 Å². The van der Waals surface area contributed by atoms with E-state index in [1.165, 1.54) is 11.8 Å². The lowest BCUT2D eigenvalue weighted by Gasteiger charge is -2.12. The van der Waals surface area contributed by atoms with Crippen molar-refractivity contribution in [3.8, 4) is 17.5 Å². The van der Waals surface area contributed by atoms with E-state index in [2.05, 4.69) is 15.9 Å². The fourth-order valence-electron chi connectivity index (χ4n) is 3.02. The number of hydrogen-bond acceptors (Lipinski definition) is 5.